The van der Waals surface area contributed by atoms with Gasteiger partial charge in [-0.3, -0.25) is 14.4 Å². The second kappa shape index (κ2) is 17.5. The highest BCUT2D eigenvalue weighted by Gasteiger charge is 2.64. The number of rotatable bonds is 14. The normalized spacial score (nSPS) is 27.3. The van der Waals surface area contributed by atoms with E-state index in [0.717, 1.165) is 37.7 Å². The smallest absolute Gasteiger partial charge is 0.493 e. The number of methoxy groups -OCH3 is 1. The number of benzene rings is 1. The van der Waals surface area contributed by atoms with Gasteiger partial charge in [-0.05, 0) is 94.1 Å². The average molecular weight is 711 g/mol. The Kier molecular flexibility index (Phi) is 13.6. The van der Waals surface area contributed by atoms with Crippen LogP contribution in [-0.2, 0) is 28.6 Å². The summed E-state index contributed by atoms with van der Waals surface area (Å²) in [5.74, 6) is -1.70. The lowest BCUT2D eigenvalue weighted by atomic mass is 9.61. The van der Waals surface area contributed by atoms with Crippen molar-refractivity contribution in [2.45, 2.75) is 123 Å². The minimum atomic E-state index is -1.64. The molecule has 0 aromatic heterocycles. The summed E-state index contributed by atoms with van der Waals surface area (Å²) in [4.78, 5) is 65.2. The van der Waals surface area contributed by atoms with E-state index in [1.54, 1.807) is 6.08 Å². The van der Waals surface area contributed by atoms with Crippen molar-refractivity contribution in [1.82, 2.24) is 0 Å². The molecule has 3 aliphatic rings. The first kappa shape index (κ1) is 39.8. The first-order valence-corrected chi connectivity index (χ1v) is 18.4. The van der Waals surface area contributed by atoms with Gasteiger partial charge in [0.2, 0.25) is 5.78 Å². The van der Waals surface area contributed by atoms with Gasteiger partial charge >= 0.3 is 18.1 Å². The third-order valence-electron chi connectivity index (χ3n) is 11.0. The summed E-state index contributed by atoms with van der Waals surface area (Å²) in [5, 5.41) is 11.6. The fourth-order valence-electron chi connectivity index (χ4n) is 8.10. The molecule has 280 valence electrons. The van der Waals surface area contributed by atoms with Crippen LogP contribution in [0.1, 0.15) is 122 Å². The van der Waals surface area contributed by atoms with Crippen LogP contribution in [0.5, 0.6) is 11.5 Å². The highest BCUT2D eigenvalue weighted by molar-refractivity contribution is 6.01. The molecule has 1 aromatic carbocycles. The second-order valence-corrected chi connectivity index (χ2v) is 14.6. The molecular weight excluding hydrogens is 656 g/mol. The van der Waals surface area contributed by atoms with Crippen molar-refractivity contribution >= 4 is 29.7 Å². The lowest BCUT2D eigenvalue weighted by Crippen LogP contribution is -2.57. The Morgan fingerprint density at radius 3 is 2.45 bits per heavy atom. The SMILES string of the molecule is CCCCCOC(=O)c1ccc(OC(=O)OCC(=O)C2(OC(=O)CCCC)CCC3CCCC4=CC(=O)C=CC4(C)CC(O)CC32C)c(OC)c1. The molecule has 4 rings (SSSR count). The maximum absolute atomic E-state index is 14.3. The molecule has 0 amide bonds. The van der Waals surface area contributed by atoms with Crippen LogP contribution < -0.4 is 9.47 Å². The predicted octanol–water partition coefficient (Wildman–Crippen LogP) is 7.41. The maximum atomic E-state index is 14.3. The van der Waals surface area contributed by atoms with Crippen molar-refractivity contribution < 1.29 is 52.8 Å². The Labute approximate surface area is 301 Å². The summed E-state index contributed by atoms with van der Waals surface area (Å²) in [6.07, 6.45) is 10.6. The number of ether oxygens (including phenoxy) is 5. The van der Waals surface area contributed by atoms with Crippen LogP contribution >= 0.6 is 0 Å². The van der Waals surface area contributed by atoms with E-state index in [1.165, 1.54) is 31.4 Å². The van der Waals surface area contributed by atoms with Crippen molar-refractivity contribution in [2.75, 3.05) is 20.3 Å². The van der Waals surface area contributed by atoms with Crippen molar-refractivity contribution in [1.29, 1.82) is 0 Å². The average Bonchev–Trinajstić information content (AvgIpc) is 3.36. The number of allylic oxidation sites excluding steroid dienone is 4. The number of aliphatic hydroxyl groups is 1. The van der Waals surface area contributed by atoms with Gasteiger partial charge < -0.3 is 28.8 Å². The summed E-state index contributed by atoms with van der Waals surface area (Å²) in [5.41, 5.74) is -1.92. The van der Waals surface area contributed by atoms with Gasteiger partial charge in [0.25, 0.3) is 0 Å². The van der Waals surface area contributed by atoms with Crippen molar-refractivity contribution in [2.24, 2.45) is 16.7 Å². The lowest BCUT2D eigenvalue weighted by molar-refractivity contribution is -0.187. The van der Waals surface area contributed by atoms with E-state index in [9.17, 15) is 29.1 Å². The Balaban J connectivity index is 1.52. The molecule has 1 aromatic rings. The number of esters is 2. The van der Waals surface area contributed by atoms with Gasteiger partial charge in [0.05, 0.1) is 25.4 Å². The highest BCUT2D eigenvalue weighted by Crippen LogP contribution is 2.59. The van der Waals surface area contributed by atoms with Crippen molar-refractivity contribution in [3.05, 3.63) is 47.6 Å². The highest BCUT2D eigenvalue weighted by atomic mass is 16.7. The summed E-state index contributed by atoms with van der Waals surface area (Å²) < 4.78 is 27.6. The molecule has 0 aliphatic heterocycles. The Hall–Kier alpha value is -3.99. The third-order valence-corrected chi connectivity index (χ3v) is 11.0. The zero-order valence-electron chi connectivity index (χ0n) is 30.8. The predicted molar refractivity (Wildman–Crippen MR) is 188 cm³/mol. The lowest BCUT2D eigenvalue weighted by Gasteiger charge is -2.47. The van der Waals surface area contributed by atoms with Gasteiger partial charge in [-0.15, -0.1) is 0 Å². The number of hydrogen-bond acceptors (Lipinski definition) is 11. The molecule has 0 heterocycles. The van der Waals surface area contributed by atoms with E-state index in [2.05, 4.69) is 6.92 Å². The van der Waals surface area contributed by atoms with Crippen LogP contribution in [0.25, 0.3) is 0 Å². The Bertz CT molecular complexity index is 1510. The summed E-state index contributed by atoms with van der Waals surface area (Å²) in [6.45, 7) is 7.48. The van der Waals surface area contributed by atoms with E-state index in [4.69, 9.17) is 23.7 Å². The Morgan fingerprint density at radius 2 is 1.73 bits per heavy atom. The zero-order chi connectivity index (χ0) is 37.2. The van der Waals surface area contributed by atoms with Gasteiger partial charge in [0.1, 0.15) is 0 Å². The van der Waals surface area contributed by atoms with Gasteiger partial charge in [-0.2, -0.15) is 0 Å². The van der Waals surface area contributed by atoms with Gasteiger partial charge in [-0.1, -0.05) is 58.6 Å². The number of fused-ring (bicyclic) bond motifs is 2. The van der Waals surface area contributed by atoms with Crippen LogP contribution in [0.15, 0.2) is 42.0 Å². The Morgan fingerprint density at radius 1 is 0.961 bits per heavy atom. The van der Waals surface area contributed by atoms with Crippen LogP contribution in [0.2, 0.25) is 0 Å². The standard InChI is InChI=1S/C40H54O11/c1-6-8-10-21-48-36(45)27-15-16-32(33(22-27)47-5)50-37(46)49-26-34(43)40(51-35(44)14-9-7-2)20-17-28-12-11-13-29-23-30(41)18-19-38(29,3)24-31(42)25-39(28,40)4/h15-16,18-19,22-23,28,31,42H,6-14,17,20-21,24-26H2,1-5H3. The summed E-state index contributed by atoms with van der Waals surface area (Å²) >= 11 is 0. The van der Waals surface area contributed by atoms with E-state index in [-0.39, 0.29) is 48.0 Å². The molecule has 0 spiro atoms. The number of carbonyl (C=O) groups is 5. The van der Waals surface area contributed by atoms with Gasteiger partial charge in [-0.25, -0.2) is 9.59 Å². The van der Waals surface area contributed by atoms with Crippen molar-refractivity contribution in [3.8, 4) is 11.5 Å². The van der Waals surface area contributed by atoms with Crippen LogP contribution in [0.4, 0.5) is 4.79 Å². The van der Waals surface area contributed by atoms with Gasteiger partial charge in [0.15, 0.2) is 29.5 Å². The van der Waals surface area contributed by atoms with E-state index < -0.39 is 53.0 Å². The first-order valence-electron chi connectivity index (χ1n) is 18.4. The minimum Gasteiger partial charge on any atom is -0.493 e. The van der Waals surface area contributed by atoms with Crippen molar-refractivity contribution in [3.63, 3.8) is 0 Å². The molecule has 0 bridgehead atoms. The molecule has 0 radical (unpaired) electrons. The molecule has 5 unspecified atom stereocenters. The number of hydrogen-bond donors (Lipinski definition) is 1. The topological polar surface area (TPSA) is 152 Å². The molecule has 3 aliphatic carbocycles. The monoisotopic (exact) mass is 710 g/mol. The minimum absolute atomic E-state index is 0.0260. The number of unbranched alkanes of at least 4 members (excludes halogenated alkanes) is 3. The summed E-state index contributed by atoms with van der Waals surface area (Å²) in [6, 6.07) is 4.21. The molecule has 11 nitrogen and oxygen atoms in total. The van der Waals surface area contributed by atoms with E-state index in [1.807, 2.05) is 26.8 Å². The maximum Gasteiger partial charge on any atom is 0.514 e. The third kappa shape index (κ3) is 9.28. The fraction of sp³-hybridized carbons (Fsp3) is 0.625. The van der Waals surface area contributed by atoms with E-state index >= 15 is 0 Å². The number of carbonyl (C=O) groups excluding carboxylic acids is 5. The number of ketones is 2. The fourth-order valence-corrected chi connectivity index (χ4v) is 8.10. The molecule has 0 saturated heterocycles. The van der Waals surface area contributed by atoms with Crippen LogP contribution in [0, 0.1) is 16.7 Å². The molecule has 51 heavy (non-hydrogen) atoms. The molecule has 11 heteroatoms. The molecule has 5 atom stereocenters. The summed E-state index contributed by atoms with van der Waals surface area (Å²) in [7, 11) is 1.36. The molecule has 2 saturated carbocycles. The zero-order valence-corrected chi connectivity index (χ0v) is 30.8. The van der Waals surface area contributed by atoms with E-state index in [0.29, 0.717) is 38.7 Å². The molecule has 2 fully saturated rings. The first-order chi connectivity index (χ1) is 24.3. The van der Waals surface area contributed by atoms with Gasteiger partial charge in [0, 0.05) is 17.3 Å². The quantitative estimate of drug-likeness (QED) is 0.0889. The second-order valence-electron chi connectivity index (χ2n) is 14.6. The van der Waals surface area contributed by atoms with Crippen LogP contribution in [0.3, 0.4) is 0 Å². The molecule has 1 N–H and O–H groups in total. The van der Waals surface area contributed by atoms with Crippen LogP contribution in [-0.4, -0.2) is 66.8 Å². The molecular formula is C40H54O11. The number of Topliss-reactive ketones (excluding diaryl/α,β-unsaturated/α-hetero) is 1. The largest absolute Gasteiger partial charge is 0.514 e. The number of aliphatic hydroxyl groups excluding tert-OH is 1.